The number of rotatable bonds is 4. The summed E-state index contributed by atoms with van der Waals surface area (Å²) in [5.41, 5.74) is 9.66. The molecule has 0 radical (unpaired) electrons. The van der Waals surface area contributed by atoms with Gasteiger partial charge in [-0.05, 0) is 24.4 Å². The molecule has 0 amide bonds. The van der Waals surface area contributed by atoms with Gasteiger partial charge in [0.2, 0.25) is 0 Å². The van der Waals surface area contributed by atoms with Crippen LogP contribution in [0.25, 0.3) is 10.4 Å². The molecule has 1 fully saturated rings. The molecule has 0 spiro atoms. The van der Waals surface area contributed by atoms with Gasteiger partial charge in [-0.3, -0.25) is 4.90 Å². The number of hydrogen-bond acceptors (Lipinski definition) is 2. The highest BCUT2D eigenvalue weighted by atomic mass is 15.3. The van der Waals surface area contributed by atoms with Crippen molar-refractivity contribution in [2.24, 2.45) is 5.11 Å². The second-order valence-electron chi connectivity index (χ2n) is 4.35. The molecule has 0 bridgehead atoms. The van der Waals surface area contributed by atoms with E-state index in [2.05, 4.69) is 46.1 Å². The van der Waals surface area contributed by atoms with E-state index < -0.39 is 0 Å². The van der Waals surface area contributed by atoms with Crippen molar-refractivity contribution in [3.05, 3.63) is 46.3 Å². The SMILES string of the molecule is C[C@H](Cc1ccccc1)N1CC(N=[N+]=[N-])C1. The van der Waals surface area contributed by atoms with E-state index in [0.717, 1.165) is 19.5 Å². The van der Waals surface area contributed by atoms with Crippen LogP contribution in [0, 0.1) is 0 Å². The molecule has 1 heterocycles. The van der Waals surface area contributed by atoms with Gasteiger partial charge in [-0.25, -0.2) is 0 Å². The van der Waals surface area contributed by atoms with E-state index in [1.807, 2.05) is 6.07 Å². The van der Waals surface area contributed by atoms with Gasteiger partial charge in [-0.15, -0.1) is 0 Å². The minimum absolute atomic E-state index is 0.184. The van der Waals surface area contributed by atoms with Gasteiger partial charge >= 0.3 is 0 Å². The number of likely N-dealkylation sites (tertiary alicyclic amines) is 1. The maximum atomic E-state index is 8.30. The van der Waals surface area contributed by atoms with Gasteiger partial charge in [0.25, 0.3) is 0 Å². The summed E-state index contributed by atoms with van der Waals surface area (Å²) in [6.45, 7) is 4.02. The molecule has 4 heteroatoms. The zero-order valence-electron chi connectivity index (χ0n) is 9.45. The van der Waals surface area contributed by atoms with Gasteiger partial charge in [0.05, 0.1) is 6.04 Å². The molecule has 0 aliphatic carbocycles. The van der Waals surface area contributed by atoms with Gasteiger partial charge in [-0.2, -0.15) is 0 Å². The van der Waals surface area contributed by atoms with Crippen LogP contribution in [0.3, 0.4) is 0 Å². The van der Waals surface area contributed by atoms with Crippen LogP contribution in [0.2, 0.25) is 0 Å². The van der Waals surface area contributed by atoms with Crippen LogP contribution in [0.1, 0.15) is 12.5 Å². The Kier molecular flexibility index (Phi) is 3.44. The van der Waals surface area contributed by atoms with Crippen molar-refractivity contribution in [2.45, 2.75) is 25.4 Å². The third-order valence-corrected chi connectivity index (χ3v) is 3.10. The van der Waals surface area contributed by atoms with Crippen LogP contribution >= 0.6 is 0 Å². The molecule has 84 valence electrons. The Morgan fingerprint density at radius 2 is 2.12 bits per heavy atom. The highest BCUT2D eigenvalue weighted by Gasteiger charge is 2.29. The first-order valence-electron chi connectivity index (χ1n) is 5.62. The number of benzene rings is 1. The van der Waals surface area contributed by atoms with Gasteiger partial charge in [0.15, 0.2) is 0 Å². The number of nitrogens with zero attached hydrogens (tertiary/aromatic N) is 4. The molecule has 1 aliphatic rings. The van der Waals surface area contributed by atoms with Gasteiger partial charge in [-0.1, -0.05) is 35.4 Å². The Hall–Kier alpha value is -1.51. The fourth-order valence-electron chi connectivity index (χ4n) is 2.08. The topological polar surface area (TPSA) is 52.0 Å². The molecule has 2 rings (SSSR count). The largest absolute Gasteiger partial charge is 0.299 e. The molecule has 0 saturated carbocycles. The highest BCUT2D eigenvalue weighted by molar-refractivity contribution is 5.16. The molecular formula is C12H16N4. The van der Waals surface area contributed by atoms with Crippen molar-refractivity contribution in [1.29, 1.82) is 0 Å². The fourth-order valence-corrected chi connectivity index (χ4v) is 2.08. The molecule has 0 unspecified atom stereocenters. The second-order valence-corrected chi connectivity index (χ2v) is 4.35. The van der Waals surface area contributed by atoms with Gasteiger partial charge in [0.1, 0.15) is 0 Å². The van der Waals surface area contributed by atoms with E-state index in [-0.39, 0.29) is 6.04 Å². The zero-order chi connectivity index (χ0) is 11.4. The summed E-state index contributed by atoms with van der Waals surface area (Å²) in [6, 6.07) is 11.2. The lowest BCUT2D eigenvalue weighted by Crippen LogP contribution is -2.54. The smallest absolute Gasteiger partial charge is 0.0628 e. The molecular weight excluding hydrogens is 200 g/mol. The Balaban J connectivity index is 1.82. The molecule has 1 aliphatic heterocycles. The van der Waals surface area contributed by atoms with Crippen LogP contribution < -0.4 is 0 Å². The zero-order valence-corrected chi connectivity index (χ0v) is 9.45. The quantitative estimate of drug-likeness (QED) is 0.433. The first-order valence-corrected chi connectivity index (χ1v) is 5.62. The average Bonchev–Trinajstić information content (AvgIpc) is 2.24. The lowest BCUT2D eigenvalue weighted by molar-refractivity contribution is 0.103. The molecule has 1 atom stereocenters. The summed E-state index contributed by atoms with van der Waals surface area (Å²) in [7, 11) is 0. The van der Waals surface area contributed by atoms with E-state index in [9.17, 15) is 0 Å². The Morgan fingerprint density at radius 1 is 1.44 bits per heavy atom. The summed E-state index contributed by atoms with van der Waals surface area (Å²) < 4.78 is 0. The number of azide groups is 1. The predicted molar refractivity (Wildman–Crippen MR) is 64.1 cm³/mol. The molecule has 0 aromatic heterocycles. The maximum Gasteiger partial charge on any atom is 0.0628 e. The number of hydrogen-bond donors (Lipinski definition) is 0. The molecule has 0 N–H and O–H groups in total. The summed E-state index contributed by atoms with van der Waals surface area (Å²) >= 11 is 0. The summed E-state index contributed by atoms with van der Waals surface area (Å²) in [5.74, 6) is 0. The minimum Gasteiger partial charge on any atom is -0.299 e. The van der Waals surface area contributed by atoms with Crippen LogP contribution in [0.4, 0.5) is 0 Å². The standard InChI is InChI=1S/C12H16N4/c1-10(7-11-5-3-2-4-6-11)16-8-12(9-16)14-15-13/h2-6,10,12H,7-9H2,1H3/t10-/m1/s1. The lowest BCUT2D eigenvalue weighted by atomic mass is 10.0. The highest BCUT2D eigenvalue weighted by Crippen LogP contribution is 2.18. The first-order chi connectivity index (χ1) is 7.79. The Labute approximate surface area is 95.5 Å². The first kappa shape index (κ1) is 11.0. The van der Waals surface area contributed by atoms with Gasteiger partial charge < -0.3 is 0 Å². The van der Waals surface area contributed by atoms with Crippen molar-refractivity contribution < 1.29 is 0 Å². The lowest BCUT2D eigenvalue weighted by Gasteiger charge is -2.41. The molecule has 16 heavy (non-hydrogen) atoms. The summed E-state index contributed by atoms with van der Waals surface area (Å²) in [4.78, 5) is 5.19. The van der Waals surface area contributed by atoms with Crippen molar-refractivity contribution >= 4 is 0 Å². The minimum atomic E-state index is 0.184. The van der Waals surface area contributed by atoms with E-state index in [1.54, 1.807) is 0 Å². The normalized spacial score (nSPS) is 18.6. The average molecular weight is 216 g/mol. The maximum absolute atomic E-state index is 8.30. The third kappa shape index (κ3) is 2.54. The fraction of sp³-hybridized carbons (Fsp3) is 0.500. The van der Waals surface area contributed by atoms with E-state index in [4.69, 9.17) is 5.53 Å². The van der Waals surface area contributed by atoms with Gasteiger partial charge in [0, 0.05) is 24.0 Å². The van der Waals surface area contributed by atoms with E-state index in [1.165, 1.54) is 5.56 Å². The van der Waals surface area contributed by atoms with Crippen molar-refractivity contribution in [3.8, 4) is 0 Å². The van der Waals surface area contributed by atoms with Crippen LogP contribution in [0.5, 0.6) is 0 Å². The molecule has 4 nitrogen and oxygen atoms in total. The molecule has 1 aromatic carbocycles. The Morgan fingerprint density at radius 3 is 2.75 bits per heavy atom. The monoisotopic (exact) mass is 216 g/mol. The summed E-state index contributed by atoms with van der Waals surface area (Å²) in [6.07, 6.45) is 1.06. The Bertz CT molecular complexity index is 377. The molecule has 1 aromatic rings. The summed E-state index contributed by atoms with van der Waals surface area (Å²) in [5, 5.41) is 3.71. The van der Waals surface area contributed by atoms with Crippen LogP contribution in [-0.2, 0) is 6.42 Å². The van der Waals surface area contributed by atoms with E-state index >= 15 is 0 Å². The second kappa shape index (κ2) is 5.01. The van der Waals surface area contributed by atoms with Crippen molar-refractivity contribution in [2.75, 3.05) is 13.1 Å². The third-order valence-electron chi connectivity index (χ3n) is 3.10. The van der Waals surface area contributed by atoms with Crippen molar-refractivity contribution in [1.82, 2.24) is 4.90 Å². The van der Waals surface area contributed by atoms with Crippen LogP contribution in [0.15, 0.2) is 35.4 Å². The molecule has 1 saturated heterocycles. The van der Waals surface area contributed by atoms with E-state index in [0.29, 0.717) is 6.04 Å². The van der Waals surface area contributed by atoms with Crippen molar-refractivity contribution in [3.63, 3.8) is 0 Å². The van der Waals surface area contributed by atoms with Crippen LogP contribution in [-0.4, -0.2) is 30.1 Å². The predicted octanol–water partition coefficient (Wildman–Crippen LogP) is 2.61.